The van der Waals surface area contributed by atoms with Gasteiger partial charge in [0.05, 0.1) is 12.2 Å². The van der Waals surface area contributed by atoms with E-state index in [0.29, 0.717) is 12.8 Å². The van der Waals surface area contributed by atoms with E-state index < -0.39 is 0 Å². The molecule has 2 heterocycles. The zero-order chi connectivity index (χ0) is 17.9. The van der Waals surface area contributed by atoms with E-state index >= 15 is 0 Å². The van der Waals surface area contributed by atoms with Gasteiger partial charge in [-0.1, -0.05) is 30.3 Å². The second kappa shape index (κ2) is 7.20. The Kier molecular flexibility index (Phi) is 4.61. The fourth-order valence-electron chi connectivity index (χ4n) is 3.63. The highest BCUT2D eigenvalue weighted by Crippen LogP contribution is 2.29. The van der Waals surface area contributed by atoms with Gasteiger partial charge in [-0.3, -0.25) is 9.48 Å². The predicted octanol–water partition coefficient (Wildman–Crippen LogP) is 3.81. The maximum absolute atomic E-state index is 12.4. The smallest absolute Gasteiger partial charge is 0.220 e. The van der Waals surface area contributed by atoms with Gasteiger partial charge in [-0.05, 0) is 31.4 Å². The number of carbonyl (C=O) groups is 1. The van der Waals surface area contributed by atoms with Crippen LogP contribution >= 0.6 is 0 Å². The minimum absolute atomic E-state index is 0.0596. The molecule has 5 nitrogen and oxygen atoms in total. The first-order valence-corrected chi connectivity index (χ1v) is 9.15. The molecule has 0 radical (unpaired) electrons. The van der Waals surface area contributed by atoms with E-state index in [4.69, 9.17) is 4.42 Å². The molecule has 3 aromatic rings. The Bertz CT molecular complexity index is 895. The topological polar surface area (TPSA) is 60.1 Å². The third kappa shape index (κ3) is 3.43. The quantitative estimate of drug-likeness (QED) is 0.762. The first-order chi connectivity index (χ1) is 12.7. The van der Waals surface area contributed by atoms with E-state index in [9.17, 15) is 4.79 Å². The van der Waals surface area contributed by atoms with Gasteiger partial charge in [0.15, 0.2) is 0 Å². The van der Waals surface area contributed by atoms with Crippen LogP contribution in [0.2, 0.25) is 0 Å². The molecule has 5 heteroatoms. The number of rotatable bonds is 5. The molecule has 1 aliphatic rings. The van der Waals surface area contributed by atoms with Crippen molar-refractivity contribution in [2.45, 2.75) is 38.1 Å². The van der Waals surface area contributed by atoms with Gasteiger partial charge >= 0.3 is 0 Å². The van der Waals surface area contributed by atoms with Crippen molar-refractivity contribution in [1.29, 1.82) is 0 Å². The molecule has 1 amide bonds. The standard InChI is InChI=1S/C21H23N3O2/c1-24-19-9-5-8-18(17(19)14-22-24)23-21(25)13-11-16-10-12-20(26-16)15-6-3-2-4-7-15/h2-4,6-7,10,12,14,18H,5,8-9,11,13H2,1H3,(H,23,25)/t18-/m1/s1. The Morgan fingerprint density at radius 3 is 2.96 bits per heavy atom. The number of furan rings is 1. The molecular formula is C21H23N3O2. The van der Waals surface area contributed by atoms with Gasteiger partial charge in [-0.25, -0.2) is 0 Å². The minimum atomic E-state index is 0.0596. The molecule has 1 N–H and O–H groups in total. The number of benzene rings is 1. The first-order valence-electron chi connectivity index (χ1n) is 9.15. The van der Waals surface area contributed by atoms with Crippen molar-refractivity contribution in [3.8, 4) is 11.3 Å². The largest absolute Gasteiger partial charge is 0.461 e. The molecule has 0 aliphatic heterocycles. The Morgan fingerprint density at radius 2 is 2.12 bits per heavy atom. The number of fused-ring (bicyclic) bond motifs is 1. The summed E-state index contributed by atoms with van der Waals surface area (Å²) in [5.74, 6) is 1.74. The molecule has 0 bridgehead atoms. The summed E-state index contributed by atoms with van der Waals surface area (Å²) in [6.45, 7) is 0. The molecule has 1 atom stereocenters. The number of hydrogen-bond donors (Lipinski definition) is 1. The molecule has 134 valence electrons. The summed E-state index contributed by atoms with van der Waals surface area (Å²) in [5, 5.41) is 7.49. The van der Waals surface area contributed by atoms with Crippen LogP contribution in [-0.4, -0.2) is 15.7 Å². The van der Waals surface area contributed by atoms with E-state index in [0.717, 1.165) is 41.9 Å². The highest BCUT2D eigenvalue weighted by atomic mass is 16.3. The normalized spacial score (nSPS) is 16.3. The van der Waals surface area contributed by atoms with Gasteiger partial charge in [0.25, 0.3) is 0 Å². The second-order valence-electron chi connectivity index (χ2n) is 6.81. The number of nitrogens with one attached hydrogen (secondary N) is 1. The molecule has 26 heavy (non-hydrogen) atoms. The Balaban J connectivity index is 1.34. The number of aromatic nitrogens is 2. The summed E-state index contributed by atoms with van der Waals surface area (Å²) in [6, 6.07) is 14.0. The Labute approximate surface area is 153 Å². The van der Waals surface area contributed by atoms with Crippen LogP contribution in [-0.2, 0) is 24.7 Å². The zero-order valence-electron chi connectivity index (χ0n) is 14.9. The van der Waals surface area contributed by atoms with E-state index in [-0.39, 0.29) is 11.9 Å². The highest BCUT2D eigenvalue weighted by molar-refractivity contribution is 5.76. The molecule has 4 rings (SSSR count). The monoisotopic (exact) mass is 349 g/mol. The van der Waals surface area contributed by atoms with Gasteiger partial charge in [0.1, 0.15) is 11.5 Å². The fraction of sp³-hybridized carbons (Fsp3) is 0.333. The summed E-state index contributed by atoms with van der Waals surface area (Å²) in [5.41, 5.74) is 3.45. The maximum atomic E-state index is 12.4. The number of carbonyl (C=O) groups excluding carboxylic acids is 1. The minimum Gasteiger partial charge on any atom is -0.461 e. The van der Waals surface area contributed by atoms with Crippen LogP contribution in [0, 0.1) is 0 Å². The van der Waals surface area contributed by atoms with Gasteiger partial charge in [-0.15, -0.1) is 0 Å². The Hall–Kier alpha value is -2.82. The number of hydrogen-bond acceptors (Lipinski definition) is 3. The fourth-order valence-corrected chi connectivity index (χ4v) is 3.63. The number of amides is 1. The van der Waals surface area contributed by atoms with Crippen molar-refractivity contribution >= 4 is 5.91 Å². The van der Waals surface area contributed by atoms with Crippen LogP contribution in [0.15, 0.2) is 53.1 Å². The van der Waals surface area contributed by atoms with Crippen LogP contribution in [0.1, 0.15) is 42.3 Å². The van der Waals surface area contributed by atoms with Crippen LogP contribution < -0.4 is 5.32 Å². The van der Waals surface area contributed by atoms with Crippen molar-refractivity contribution in [1.82, 2.24) is 15.1 Å². The number of nitrogens with zero attached hydrogens (tertiary/aromatic N) is 2. The zero-order valence-corrected chi connectivity index (χ0v) is 14.9. The molecule has 1 aliphatic carbocycles. The van der Waals surface area contributed by atoms with E-state index in [1.54, 1.807) is 0 Å². The van der Waals surface area contributed by atoms with Crippen molar-refractivity contribution < 1.29 is 9.21 Å². The van der Waals surface area contributed by atoms with E-state index in [1.807, 2.05) is 60.4 Å². The lowest BCUT2D eigenvalue weighted by molar-refractivity contribution is -0.122. The first kappa shape index (κ1) is 16.6. The van der Waals surface area contributed by atoms with E-state index in [2.05, 4.69) is 10.4 Å². The lowest BCUT2D eigenvalue weighted by Gasteiger charge is -2.23. The average molecular weight is 349 g/mol. The highest BCUT2D eigenvalue weighted by Gasteiger charge is 2.24. The van der Waals surface area contributed by atoms with Crippen molar-refractivity contribution in [2.75, 3.05) is 0 Å². The SMILES string of the molecule is Cn1ncc2c1CCC[C@H]2NC(=O)CCc1ccc(-c2ccccc2)o1. The lowest BCUT2D eigenvalue weighted by atomic mass is 9.93. The van der Waals surface area contributed by atoms with Crippen LogP contribution in [0.4, 0.5) is 0 Å². The molecular weight excluding hydrogens is 326 g/mol. The van der Waals surface area contributed by atoms with Gasteiger partial charge in [0, 0.05) is 36.7 Å². The molecule has 2 aromatic heterocycles. The van der Waals surface area contributed by atoms with E-state index in [1.165, 1.54) is 5.69 Å². The summed E-state index contributed by atoms with van der Waals surface area (Å²) in [6.07, 6.45) is 6.00. The second-order valence-corrected chi connectivity index (χ2v) is 6.81. The molecule has 1 aromatic carbocycles. The average Bonchev–Trinajstić information content (AvgIpc) is 3.29. The summed E-state index contributed by atoms with van der Waals surface area (Å²) in [7, 11) is 1.96. The summed E-state index contributed by atoms with van der Waals surface area (Å²) in [4.78, 5) is 12.4. The van der Waals surface area contributed by atoms with Crippen LogP contribution in [0.3, 0.4) is 0 Å². The molecule has 0 unspecified atom stereocenters. The predicted molar refractivity (Wildman–Crippen MR) is 99.5 cm³/mol. The maximum Gasteiger partial charge on any atom is 0.220 e. The van der Waals surface area contributed by atoms with Crippen molar-refractivity contribution in [3.05, 3.63) is 65.7 Å². The third-order valence-electron chi connectivity index (χ3n) is 5.03. The summed E-state index contributed by atoms with van der Waals surface area (Å²) >= 11 is 0. The molecule has 0 saturated heterocycles. The Morgan fingerprint density at radius 1 is 1.27 bits per heavy atom. The van der Waals surface area contributed by atoms with Crippen LogP contribution in [0.5, 0.6) is 0 Å². The van der Waals surface area contributed by atoms with Gasteiger partial charge in [0.2, 0.25) is 5.91 Å². The molecule has 0 fully saturated rings. The molecule has 0 saturated carbocycles. The van der Waals surface area contributed by atoms with Crippen molar-refractivity contribution in [2.24, 2.45) is 7.05 Å². The van der Waals surface area contributed by atoms with Gasteiger partial charge < -0.3 is 9.73 Å². The van der Waals surface area contributed by atoms with Gasteiger partial charge in [-0.2, -0.15) is 5.10 Å². The molecule has 0 spiro atoms. The summed E-state index contributed by atoms with van der Waals surface area (Å²) < 4.78 is 7.79. The lowest BCUT2D eigenvalue weighted by Crippen LogP contribution is -2.31. The third-order valence-corrected chi connectivity index (χ3v) is 5.03. The van der Waals surface area contributed by atoms with Crippen molar-refractivity contribution in [3.63, 3.8) is 0 Å². The number of aryl methyl sites for hydroxylation is 2. The van der Waals surface area contributed by atoms with Crippen LogP contribution in [0.25, 0.3) is 11.3 Å².